The maximum Gasteiger partial charge on any atom is 0.244 e. The van der Waals surface area contributed by atoms with Crippen molar-refractivity contribution in [1.29, 1.82) is 0 Å². The van der Waals surface area contributed by atoms with Gasteiger partial charge in [0.05, 0.1) is 11.1 Å². The quantitative estimate of drug-likeness (QED) is 0.839. The van der Waals surface area contributed by atoms with Crippen LogP contribution < -0.4 is 5.32 Å². The van der Waals surface area contributed by atoms with Gasteiger partial charge in [-0.3, -0.25) is 4.79 Å². The molecule has 0 bridgehead atoms. The number of benzene rings is 1. The molecule has 1 aliphatic carbocycles. The maximum atomic E-state index is 13.5. The van der Waals surface area contributed by atoms with Gasteiger partial charge >= 0.3 is 0 Å². The Labute approximate surface area is 128 Å². The molecule has 2 rings (SSSR count). The summed E-state index contributed by atoms with van der Waals surface area (Å²) in [6.07, 6.45) is 6.12. The molecule has 0 radical (unpaired) electrons. The zero-order chi connectivity index (χ0) is 15.2. The van der Waals surface area contributed by atoms with Crippen LogP contribution in [0.2, 0.25) is 5.02 Å². The van der Waals surface area contributed by atoms with E-state index in [1.807, 2.05) is 0 Å². The molecule has 0 heterocycles. The molecule has 0 spiro atoms. The minimum atomic E-state index is -0.464. The van der Waals surface area contributed by atoms with Crippen molar-refractivity contribution in [3.63, 3.8) is 0 Å². The average Bonchev–Trinajstić information content (AvgIpc) is 2.46. The first-order valence-electron chi connectivity index (χ1n) is 7.16. The van der Waals surface area contributed by atoms with E-state index in [9.17, 15) is 14.3 Å². The summed E-state index contributed by atoms with van der Waals surface area (Å²) >= 11 is 5.87. The summed E-state index contributed by atoms with van der Waals surface area (Å²) in [5.41, 5.74) is 0.201. The van der Waals surface area contributed by atoms with Gasteiger partial charge in [-0.1, -0.05) is 30.5 Å². The molecule has 1 aromatic carbocycles. The van der Waals surface area contributed by atoms with Crippen molar-refractivity contribution in [2.24, 2.45) is 5.92 Å². The van der Waals surface area contributed by atoms with Gasteiger partial charge in [-0.2, -0.15) is 0 Å². The predicted molar refractivity (Wildman–Crippen MR) is 81.4 cm³/mol. The van der Waals surface area contributed by atoms with Crippen LogP contribution in [0, 0.1) is 11.7 Å². The van der Waals surface area contributed by atoms with Crippen LogP contribution in [-0.4, -0.2) is 23.7 Å². The first kappa shape index (κ1) is 16.0. The maximum absolute atomic E-state index is 13.5. The first-order valence-corrected chi connectivity index (χ1v) is 7.53. The second-order valence-corrected chi connectivity index (χ2v) is 5.73. The van der Waals surface area contributed by atoms with E-state index in [2.05, 4.69) is 5.32 Å². The second-order valence-electron chi connectivity index (χ2n) is 5.33. The van der Waals surface area contributed by atoms with Crippen LogP contribution >= 0.6 is 11.6 Å². The second kappa shape index (κ2) is 7.57. The van der Waals surface area contributed by atoms with Crippen LogP contribution in [0.15, 0.2) is 24.3 Å². The SMILES string of the molecule is O=C(C=Cc1c(F)cccc1Cl)NCC1CCCCC1O. The van der Waals surface area contributed by atoms with E-state index in [4.69, 9.17) is 11.6 Å². The number of hydrogen-bond acceptors (Lipinski definition) is 2. The summed E-state index contributed by atoms with van der Waals surface area (Å²) in [7, 11) is 0. The van der Waals surface area contributed by atoms with Crippen LogP contribution in [0.4, 0.5) is 4.39 Å². The van der Waals surface area contributed by atoms with E-state index in [1.54, 1.807) is 6.07 Å². The lowest BCUT2D eigenvalue weighted by atomic mass is 9.86. The molecule has 1 fully saturated rings. The van der Waals surface area contributed by atoms with Gasteiger partial charge in [0.25, 0.3) is 0 Å². The minimum Gasteiger partial charge on any atom is -0.393 e. The number of nitrogens with one attached hydrogen (secondary N) is 1. The zero-order valence-electron chi connectivity index (χ0n) is 11.7. The highest BCUT2D eigenvalue weighted by Gasteiger charge is 2.22. The molecule has 5 heteroatoms. The van der Waals surface area contributed by atoms with Gasteiger partial charge in [0.1, 0.15) is 5.82 Å². The molecule has 1 saturated carbocycles. The van der Waals surface area contributed by atoms with Crippen LogP contribution in [0.25, 0.3) is 6.08 Å². The van der Waals surface area contributed by atoms with Crippen molar-refractivity contribution in [3.8, 4) is 0 Å². The number of amides is 1. The highest BCUT2D eigenvalue weighted by Crippen LogP contribution is 2.23. The monoisotopic (exact) mass is 311 g/mol. The van der Waals surface area contributed by atoms with Crippen LogP contribution in [0.1, 0.15) is 31.2 Å². The minimum absolute atomic E-state index is 0.105. The van der Waals surface area contributed by atoms with E-state index < -0.39 is 5.82 Å². The Bertz CT molecular complexity index is 513. The fourth-order valence-electron chi connectivity index (χ4n) is 2.55. The highest BCUT2D eigenvalue weighted by atomic mass is 35.5. The fraction of sp³-hybridized carbons (Fsp3) is 0.438. The number of carbonyl (C=O) groups is 1. The molecule has 1 aromatic rings. The van der Waals surface area contributed by atoms with Gasteiger partial charge < -0.3 is 10.4 Å². The molecule has 21 heavy (non-hydrogen) atoms. The predicted octanol–water partition coefficient (Wildman–Crippen LogP) is 3.16. The number of rotatable bonds is 4. The summed E-state index contributed by atoms with van der Waals surface area (Å²) in [5, 5.41) is 12.8. The largest absolute Gasteiger partial charge is 0.393 e. The average molecular weight is 312 g/mol. The van der Waals surface area contributed by atoms with Gasteiger partial charge in [0.15, 0.2) is 0 Å². The van der Waals surface area contributed by atoms with Gasteiger partial charge in [-0.25, -0.2) is 4.39 Å². The fourth-order valence-corrected chi connectivity index (χ4v) is 2.77. The van der Waals surface area contributed by atoms with Gasteiger partial charge in [-0.05, 0) is 31.1 Å². The Morgan fingerprint density at radius 1 is 1.43 bits per heavy atom. The number of aliphatic hydroxyl groups is 1. The van der Waals surface area contributed by atoms with Crippen molar-refractivity contribution in [2.75, 3.05) is 6.54 Å². The molecule has 2 N–H and O–H groups in total. The molecule has 2 unspecified atom stereocenters. The standard InChI is InChI=1S/C16H19ClFNO2/c17-13-5-3-6-14(18)12(13)8-9-16(21)19-10-11-4-1-2-7-15(11)20/h3,5-6,8-9,11,15,20H,1-2,4,7,10H2,(H,19,21). The van der Waals surface area contributed by atoms with E-state index in [0.29, 0.717) is 6.54 Å². The van der Waals surface area contributed by atoms with Gasteiger partial charge in [0.2, 0.25) is 5.91 Å². The molecule has 114 valence electrons. The van der Waals surface area contributed by atoms with Crippen molar-refractivity contribution < 1.29 is 14.3 Å². The summed E-state index contributed by atoms with van der Waals surface area (Å²) in [5.74, 6) is -0.672. The number of halogens is 2. The Kier molecular flexibility index (Phi) is 5.76. The first-order chi connectivity index (χ1) is 10.1. The van der Waals surface area contributed by atoms with E-state index >= 15 is 0 Å². The Morgan fingerprint density at radius 2 is 2.19 bits per heavy atom. The molecular formula is C16H19ClFNO2. The molecule has 1 aliphatic rings. The Morgan fingerprint density at radius 3 is 2.90 bits per heavy atom. The van der Waals surface area contributed by atoms with E-state index in [-0.39, 0.29) is 28.5 Å². The molecule has 1 amide bonds. The molecule has 0 aliphatic heterocycles. The third-order valence-corrected chi connectivity index (χ3v) is 4.14. The van der Waals surface area contributed by atoms with Crippen molar-refractivity contribution in [1.82, 2.24) is 5.32 Å². The summed E-state index contributed by atoms with van der Waals surface area (Å²) in [6.45, 7) is 0.440. The lowest BCUT2D eigenvalue weighted by Crippen LogP contribution is -2.36. The molecule has 3 nitrogen and oxygen atoms in total. The summed E-state index contributed by atoms with van der Waals surface area (Å²) in [6, 6.07) is 4.38. The molecule has 0 saturated heterocycles. The summed E-state index contributed by atoms with van der Waals surface area (Å²) < 4.78 is 13.5. The van der Waals surface area contributed by atoms with Crippen molar-refractivity contribution in [3.05, 3.63) is 40.7 Å². The van der Waals surface area contributed by atoms with Crippen LogP contribution in [0.5, 0.6) is 0 Å². The lowest BCUT2D eigenvalue weighted by Gasteiger charge is -2.27. The van der Waals surface area contributed by atoms with Crippen molar-refractivity contribution in [2.45, 2.75) is 31.8 Å². The van der Waals surface area contributed by atoms with Crippen LogP contribution in [-0.2, 0) is 4.79 Å². The van der Waals surface area contributed by atoms with E-state index in [1.165, 1.54) is 24.3 Å². The topological polar surface area (TPSA) is 49.3 Å². The zero-order valence-corrected chi connectivity index (χ0v) is 12.4. The number of hydrogen-bond donors (Lipinski definition) is 2. The molecular weight excluding hydrogens is 293 g/mol. The molecule has 2 atom stereocenters. The summed E-state index contributed by atoms with van der Waals surface area (Å²) in [4.78, 5) is 11.7. The lowest BCUT2D eigenvalue weighted by molar-refractivity contribution is -0.116. The van der Waals surface area contributed by atoms with Crippen molar-refractivity contribution >= 4 is 23.6 Å². The van der Waals surface area contributed by atoms with E-state index in [0.717, 1.165) is 25.7 Å². The smallest absolute Gasteiger partial charge is 0.244 e. The number of carbonyl (C=O) groups excluding carboxylic acids is 1. The highest BCUT2D eigenvalue weighted by molar-refractivity contribution is 6.32. The Balaban J connectivity index is 1.88. The number of aliphatic hydroxyl groups excluding tert-OH is 1. The Hall–Kier alpha value is -1.39. The third kappa shape index (κ3) is 4.55. The third-order valence-electron chi connectivity index (χ3n) is 3.81. The normalized spacial score (nSPS) is 22.4. The molecule has 0 aromatic heterocycles. The van der Waals surface area contributed by atoms with Gasteiger partial charge in [-0.15, -0.1) is 0 Å². The van der Waals surface area contributed by atoms with Crippen LogP contribution in [0.3, 0.4) is 0 Å². The van der Waals surface area contributed by atoms with Gasteiger partial charge in [0, 0.05) is 24.1 Å².